The van der Waals surface area contributed by atoms with Gasteiger partial charge in [0, 0.05) is 35.8 Å². The van der Waals surface area contributed by atoms with E-state index in [0.29, 0.717) is 17.5 Å². The lowest BCUT2D eigenvalue weighted by Crippen LogP contribution is -2.34. The van der Waals surface area contributed by atoms with Crippen LogP contribution >= 0.6 is 11.6 Å². The van der Waals surface area contributed by atoms with Crippen LogP contribution in [0, 0.1) is 0 Å². The van der Waals surface area contributed by atoms with Crippen molar-refractivity contribution in [3.05, 3.63) is 47.6 Å². The van der Waals surface area contributed by atoms with Crippen molar-refractivity contribution in [2.24, 2.45) is 7.05 Å². The van der Waals surface area contributed by atoms with Crippen LogP contribution in [0.3, 0.4) is 0 Å². The van der Waals surface area contributed by atoms with Crippen molar-refractivity contribution in [2.45, 2.75) is 24.4 Å². The largest absolute Gasteiger partial charge is 0.470 e. The van der Waals surface area contributed by atoms with Gasteiger partial charge < -0.3 is 28.9 Å². The number of nitrogens with one attached hydrogen (secondary N) is 1. The Morgan fingerprint density at radius 1 is 1.17 bits per heavy atom. The van der Waals surface area contributed by atoms with E-state index in [1.54, 1.807) is 0 Å². The fraction of sp³-hybridized carbons (Fsp3) is 0.318. The number of aryl methyl sites for hydroxylation is 1. The van der Waals surface area contributed by atoms with Crippen LogP contribution in [0.1, 0.15) is 0 Å². The van der Waals surface area contributed by atoms with Crippen LogP contribution in [-0.2, 0) is 16.5 Å². The molecule has 2 aliphatic rings. The summed E-state index contributed by atoms with van der Waals surface area (Å²) >= 11 is 6.57. The first kappa shape index (κ1) is 18.2. The number of ether oxygens (including phenoxy) is 3. The molecule has 0 saturated carbocycles. The van der Waals surface area contributed by atoms with Gasteiger partial charge in [0.25, 0.3) is 0 Å². The minimum absolute atomic E-state index is 0.267. The third-order valence-electron chi connectivity index (χ3n) is 5.95. The minimum atomic E-state index is -0.601. The van der Waals surface area contributed by atoms with Gasteiger partial charge in [-0.25, -0.2) is 4.98 Å². The number of halogens is 1. The van der Waals surface area contributed by atoms with Gasteiger partial charge in [-0.2, -0.15) is 0 Å². The number of hydrogen-bond donors (Lipinski definition) is 2. The van der Waals surface area contributed by atoms with Crippen molar-refractivity contribution in [3.63, 3.8) is 0 Å². The van der Waals surface area contributed by atoms with Crippen molar-refractivity contribution in [3.8, 4) is 17.1 Å². The van der Waals surface area contributed by atoms with E-state index in [2.05, 4.69) is 27.8 Å². The Morgan fingerprint density at radius 3 is 2.93 bits per heavy atom. The molecule has 0 amide bonds. The Balaban J connectivity index is 1.32. The second-order valence-corrected chi connectivity index (χ2v) is 8.31. The zero-order valence-corrected chi connectivity index (χ0v) is 17.0. The number of nitrogens with zero attached hydrogens (tertiary/aromatic N) is 2. The molecule has 6 rings (SSSR count). The third kappa shape index (κ3) is 2.81. The van der Waals surface area contributed by atoms with Crippen LogP contribution in [0.2, 0.25) is 5.02 Å². The summed E-state index contributed by atoms with van der Waals surface area (Å²) in [5, 5.41) is 11.6. The molecule has 3 aromatic heterocycles. The quantitative estimate of drug-likeness (QED) is 0.526. The number of benzene rings is 1. The molecule has 2 fully saturated rings. The number of aliphatic hydroxyl groups is 1. The van der Waals surface area contributed by atoms with Gasteiger partial charge in [-0.3, -0.25) is 0 Å². The molecule has 1 unspecified atom stereocenters. The molecule has 0 bridgehead atoms. The van der Waals surface area contributed by atoms with Crippen LogP contribution in [-0.4, -0.2) is 57.3 Å². The molecule has 0 spiro atoms. The van der Waals surface area contributed by atoms with Crippen LogP contribution in [0.25, 0.3) is 33.2 Å². The summed E-state index contributed by atoms with van der Waals surface area (Å²) in [7, 11) is 2.02. The topological polar surface area (TPSA) is 81.5 Å². The van der Waals surface area contributed by atoms with E-state index < -0.39 is 6.10 Å². The molecule has 2 aliphatic heterocycles. The Morgan fingerprint density at radius 2 is 2.03 bits per heavy atom. The summed E-state index contributed by atoms with van der Waals surface area (Å²) in [4.78, 5) is 8.00. The molecular formula is C22H20ClN3O4. The summed E-state index contributed by atoms with van der Waals surface area (Å²) in [6, 6.07) is 12.0. The summed E-state index contributed by atoms with van der Waals surface area (Å²) < 4.78 is 19.4. The smallest absolute Gasteiger partial charge is 0.193 e. The fourth-order valence-electron chi connectivity index (χ4n) is 4.41. The molecule has 2 N–H and O–H groups in total. The maximum atomic E-state index is 9.89. The first-order chi connectivity index (χ1) is 14.6. The summed E-state index contributed by atoms with van der Waals surface area (Å²) in [6.45, 7) is 0.645. The molecule has 154 valence electrons. The van der Waals surface area contributed by atoms with Gasteiger partial charge in [-0.1, -0.05) is 17.7 Å². The Hall–Kier alpha value is -2.58. The molecular weight excluding hydrogens is 406 g/mol. The second-order valence-electron chi connectivity index (χ2n) is 7.90. The summed E-state index contributed by atoms with van der Waals surface area (Å²) in [5.41, 5.74) is 4.41. The monoisotopic (exact) mass is 425 g/mol. The van der Waals surface area contributed by atoms with Crippen molar-refractivity contribution in [1.29, 1.82) is 0 Å². The Bertz CT molecular complexity index is 1270. The molecule has 0 radical (unpaired) electrons. The SMILES string of the molecule is Cn1ccc2cc(-c3nc4cc(O[C@@H]5COC6[C@H](O)CO[C@@H]65)[nH]c4cc3Cl)ccc21. The predicted molar refractivity (Wildman–Crippen MR) is 113 cm³/mol. The molecule has 4 atom stereocenters. The fourth-order valence-corrected chi connectivity index (χ4v) is 4.67. The highest BCUT2D eigenvalue weighted by atomic mass is 35.5. The summed E-state index contributed by atoms with van der Waals surface area (Å²) in [5.74, 6) is 0.573. The van der Waals surface area contributed by atoms with Gasteiger partial charge in [0.15, 0.2) is 12.0 Å². The third-order valence-corrected chi connectivity index (χ3v) is 6.24. The number of pyridine rings is 1. The number of H-pyrrole nitrogens is 1. The van der Waals surface area contributed by atoms with Crippen molar-refractivity contribution >= 4 is 33.5 Å². The van der Waals surface area contributed by atoms with Crippen LogP contribution < -0.4 is 4.74 Å². The van der Waals surface area contributed by atoms with Gasteiger partial charge in [-0.15, -0.1) is 0 Å². The molecule has 2 saturated heterocycles. The van der Waals surface area contributed by atoms with E-state index in [0.717, 1.165) is 33.2 Å². The van der Waals surface area contributed by atoms with Gasteiger partial charge in [0.2, 0.25) is 0 Å². The zero-order valence-electron chi connectivity index (χ0n) is 16.2. The maximum absolute atomic E-state index is 9.89. The van der Waals surface area contributed by atoms with Crippen molar-refractivity contribution < 1.29 is 19.3 Å². The number of hydrogen-bond acceptors (Lipinski definition) is 5. The Kier molecular flexibility index (Phi) is 4.08. The maximum Gasteiger partial charge on any atom is 0.193 e. The molecule has 0 aliphatic carbocycles. The zero-order chi connectivity index (χ0) is 20.4. The van der Waals surface area contributed by atoms with Gasteiger partial charge in [0.1, 0.15) is 18.3 Å². The van der Waals surface area contributed by atoms with E-state index >= 15 is 0 Å². The van der Waals surface area contributed by atoms with Crippen molar-refractivity contribution in [1.82, 2.24) is 14.5 Å². The number of rotatable bonds is 3. The number of aromatic amines is 1. The lowest BCUT2D eigenvalue weighted by molar-refractivity contribution is 0.00794. The van der Waals surface area contributed by atoms with E-state index in [1.807, 2.05) is 31.4 Å². The minimum Gasteiger partial charge on any atom is -0.470 e. The molecule has 7 nitrogen and oxygen atoms in total. The average molecular weight is 426 g/mol. The van der Waals surface area contributed by atoms with Crippen LogP contribution in [0.4, 0.5) is 0 Å². The highest BCUT2D eigenvalue weighted by Crippen LogP contribution is 2.34. The highest BCUT2D eigenvalue weighted by molar-refractivity contribution is 6.33. The second kappa shape index (κ2) is 6.72. The molecule has 1 aromatic carbocycles. The number of aromatic nitrogens is 3. The molecule has 4 aromatic rings. The Labute approximate surface area is 177 Å². The van der Waals surface area contributed by atoms with E-state index in [9.17, 15) is 5.11 Å². The summed E-state index contributed by atoms with van der Waals surface area (Å²) in [6.07, 6.45) is 0.557. The van der Waals surface area contributed by atoms with E-state index in [-0.39, 0.29) is 24.9 Å². The number of aliphatic hydroxyl groups excluding tert-OH is 1. The standard InChI is InChI=1S/C22H20ClN3O4/c1-26-5-4-11-6-12(2-3-16(11)26)20-13(23)7-14-15(25-20)8-19(24-14)30-18-10-29-21-17(27)9-28-22(18)21/h2-8,17-18,21-22,24,27H,9-10H2,1H3/t17-,18-,21?,22-/m1/s1. The normalized spacial score (nSPS) is 26.0. The van der Waals surface area contributed by atoms with Crippen LogP contribution in [0.15, 0.2) is 42.6 Å². The highest BCUT2D eigenvalue weighted by Gasteiger charge is 2.48. The lowest BCUT2D eigenvalue weighted by atomic mass is 10.1. The van der Waals surface area contributed by atoms with Gasteiger partial charge >= 0.3 is 0 Å². The van der Waals surface area contributed by atoms with Crippen molar-refractivity contribution in [2.75, 3.05) is 13.2 Å². The predicted octanol–water partition coefficient (Wildman–Crippen LogP) is 3.28. The average Bonchev–Trinajstić information content (AvgIpc) is 3.48. The molecule has 30 heavy (non-hydrogen) atoms. The molecule has 8 heteroatoms. The first-order valence-electron chi connectivity index (χ1n) is 9.89. The van der Waals surface area contributed by atoms with E-state index in [4.69, 9.17) is 30.8 Å². The van der Waals surface area contributed by atoms with Gasteiger partial charge in [0.05, 0.1) is 35.0 Å². The number of fused-ring (bicyclic) bond motifs is 3. The van der Waals surface area contributed by atoms with Crippen LogP contribution in [0.5, 0.6) is 5.88 Å². The first-order valence-corrected chi connectivity index (χ1v) is 10.3. The van der Waals surface area contributed by atoms with E-state index in [1.165, 1.54) is 0 Å². The lowest BCUT2D eigenvalue weighted by Gasteiger charge is -2.16. The molecule has 5 heterocycles. The van der Waals surface area contributed by atoms with Gasteiger partial charge in [-0.05, 0) is 24.3 Å².